The SMILES string of the molecule is CC(=O)N[C@@H](C)c1ccc(O[C@@H]2CCN(c3ncnc(Cl)c3C)C2)cc1. The van der Waals surface area contributed by atoms with Crippen LogP contribution in [0, 0.1) is 6.92 Å². The van der Waals surface area contributed by atoms with E-state index in [1.165, 1.54) is 13.3 Å². The summed E-state index contributed by atoms with van der Waals surface area (Å²) < 4.78 is 6.11. The molecule has 1 aliphatic rings. The fourth-order valence-corrected chi connectivity index (χ4v) is 3.30. The molecule has 2 heterocycles. The lowest BCUT2D eigenvalue weighted by Gasteiger charge is -2.20. The first-order valence-electron chi connectivity index (χ1n) is 8.70. The first-order chi connectivity index (χ1) is 12.4. The minimum absolute atomic E-state index is 0.0194. The maximum absolute atomic E-state index is 11.2. The zero-order valence-corrected chi connectivity index (χ0v) is 16.0. The summed E-state index contributed by atoms with van der Waals surface area (Å²) in [6.07, 6.45) is 2.51. The number of amides is 1. The van der Waals surface area contributed by atoms with Crippen LogP contribution in [0.4, 0.5) is 5.82 Å². The van der Waals surface area contributed by atoms with Crippen molar-refractivity contribution in [1.29, 1.82) is 0 Å². The maximum Gasteiger partial charge on any atom is 0.217 e. The van der Waals surface area contributed by atoms with Crippen LogP contribution in [-0.4, -0.2) is 35.1 Å². The Morgan fingerprint density at radius 1 is 1.35 bits per heavy atom. The van der Waals surface area contributed by atoms with Crippen LogP contribution in [0.15, 0.2) is 30.6 Å². The van der Waals surface area contributed by atoms with E-state index < -0.39 is 0 Å². The van der Waals surface area contributed by atoms with Crippen molar-refractivity contribution in [3.63, 3.8) is 0 Å². The Bertz CT molecular complexity index is 782. The van der Waals surface area contributed by atoms with E-state index in [-0.39, 0.29) is 18.1 Å². The van der Waals surface area contributed by atoms with Gasteiger partial charge in [-0.25, -0.2) is 9.97 Å². The molecule has 1 aliphatic heterocycles. The van der Waals surface area contributed by atoms with Gasteiger partial charge in [0.2, 0.25) is 5.91 Å². The summed E-state index contributed by atoms with van der Waals surface area (Å²) in [7, 11) is 0. The van der Waals surface area contributed by atoms with E-state index in [2.05, 4.69) is 20.2 Å². The molecule has 7 heteroatoms. The van der Waals surface area contributed by atoms with Crippen LogP contribution in [0.2, 0.25) is 5.15 Å². The molecule has 1 aromatic heterocycles. The van der Waals surface area contributed by atoms with E-state index in [0.717, 1.165) is 42.2 Å². The van der Waals surface area contributed by atoms with Gasteiger partial charge in [0, 0.05) is 25.5 Å². The summed E-state index contributed by atoms with van der Waals surface area (Å²) in [4.78, 5) is 21.7. The lowest BCUT2D eigenvalue weighted by molar-refractivity contribution is -0.119. The van der Waals surface area contributed by atoms with Crippen molar-refractivity contribution >= 4 is 23.3 Å². The van der Waals surface area contributed by atoms with Crippen LogP contribution in [0.1, 0.15) is 37.4 Å². The van der Waals surface area contributed by atoms with Crippen molar-refractivity contribution in [2.75, 3.05) is 18.0 Å². The molecule has 0 unspecified atom stereocenters. The molecule has 1 fully saturated rings. The summed E-state index contributed by atoms with van der Waals surface area (Å²) in [5.41, 5.74) is 1.94. The van der Waals surface area contributed by atoms with Crippen LogP contribution in [-0.2, 0) is 4.79 Å². The highest BCUT2D eigenvalue weighted by Crippen LogP contribution is 2.27. The minimum Gasteiger partial charge on any atom is -0.489 e. The Morgan fingerprint density at radius 3 is 2.77 bits per heavy atom. The molecule has 0 radical (unpaired) electrons. The van der Waals surface area contributed by atoms with E-state index in [4.69, 9.17) is 16.3 Å². The van der Waals surface area contributed by atoms with Crippen LogP contribution < -0.4 is 15.0 Å². The average molecular weight is 375 g/mol. The number of aromatic nitrogens is 2. The molecule has 1 aromatic carbocycles. The Balaban J connectivity index is 1.60. The lowest BCUT2D eigenvalue weighted by atomic mass is 10.1. The standard InChI is InChI=1S/C19H23ClN4O2/c1-12-18(20)21-11-22-19(12)24-9-8-17(10-24)26-16-6-4-15(5-7-16)13(2)23-14(3)25/h4-7,11,13,17H,8-10H2,1-3H3,(H,23,25)/t13-,17+/m0/s1. The van der Waals surface area contributed by atoms with Crippen molar-refractivity contribution in [2.45, 2.75) is 39.3 Å². The normalized spacial score (nSPS) is 17.8. The van der Waals surface area contributed by atoms with Crippen molar-refractivity contribution in [2.24, 2.45) is 0 Å². The first kappa shape index (κ1) is 18.5. The van der Waals surface area contributed by atoms with Gasteiger partial charge in [-0.1, -0.05) is 23.7 Å². The van der Waals surface area contributed by atoms with E-state index >= 15 is 0 Å². The van der Waals surface area contributed by atoms with Gasteiger partial charge in [0.05, 0.1) is 12.6 Å². The van der Waals surface area contributed by atoms with Gasteiger partial charge in [-0.05, 0) is 31.5 Å². The second-order valence-corrected chi connectivity index (χ2v) is 6.94. The van der Waals surface area contributed by atoms with Gasteiger partial charge in [-0.3, -0.25) is 4.79 Å². The van der Waals surface area contributed by atoms with Gasteiger partial charge < -0.3 is 15.0 Å². The Labute approximate surface area is 158 Å². The van der Waals surface area contributed by atoms with E-state index in [9.17, 15) is 4.79 Å². The molecule has 0 saturated carbocycles. The third-order valence-electron chi connectivity index (χ3n) is 4.54. The Morgan fingerprint density at radius 2 is 2.08 bits per heavy atom. The highest BCUT2D eigenvalue weighted by atomic mass is 35.5. The first-order valence-corrected chi connectivity index (χ1v) is 9.07. The lowest BCUT2D eigenvalue weighted by Crippen LogP contribution is -2.26. The van der Waals surface area contributed by atoms with E-state index in [0.29, 0.717) is 5.15 Å². The number of anilines is 1. The third kappa shape index (κ3) is 4.25. The molecule has 0 aliphatic carbocycles. The van der Waals surface area contributed by atoms with Crippen molar-refractivity contribution in [3.8, 4) is 5.75 Å². The topological polar surface area (TPSA) is 67.3 Å². The molecular formula is C19H23ClN4O2. The highest BCUT2D eigenvalue weighted by Gasteiger charge is 2.26. The van der Waals surface area contributed by atoms with Crippen LogP contribution in [0.5, 0.6) is 5.75 Å². The molecule has 1 N–H and O–H groups in total. The van der Waals surface area contributed by atoms with E-state index in [1.54, 1.807) is 0 Å². The molecule has 0 spiro atoms. The molecule has 3 rings (SSSR count). The number of rotatable bonds is 5. The Hall–Kier alpha value is -2.34. The number of halogens is 1. The molecule has 0 bridgehead atoms. The number of carbonyl (C=O) groups is 1. The summed E-state index contributed by atoms with van der Waals surface area (Å²) >= 11 is 6.09. The van der Waals surface area contributed by atoms with Crippen LogP contribution in [0.3, 0.4) is 0 Å². The fraction of sp³-hybridized carbons (Fsp3) is 0.421. The summed E-state index contributed by atoms with van der Waals surface area (Å²) in [5.74, 6) is 1.66. The number of benzene rings is 1. The summed E-state index contributed by atoms with van der Waals surface area (Å²) in [5, 5.41) is 3.37. The van der Waals surface area contributed by atoms with E-state index in [1.807, 2.05) is 38.1 Å². The van der Waals surface area contributed by atoms with Crippen LogP contribution >= 0.6 is 11.6 Å². The van der Waals surface area contributed by atoms with Gasteiger partial charge in [-0.2, -0.15) is 0 Å². The molecule has 2 atom stereocenters. The highest BCUT2D eigenvalue weighted by molar-refractivity contribution is 6.30. The van der Waals surface area contributed by atoms with Gasteiger partial charge in [0.15, 0.2) is 0 Å². The Kier molecular flexibility index (Phi) is 5.61. The number of hydrogen-bond donors (Lipinski definition) is 1. The van der Waals surface area contributed by atoms with Gasteiger partial charge >= 0.3 is 0 Å². The number of ether oxygens (including phenoxy) is 1. The summed E-state index contributed by atoms with van der Waals surface area (Å²) in [6.45, 7) is 7.04. The minimum atomic E-state index is -0.0380. The number of nitrogens with one attached hydrogen (secondary N) is 1. The van der Waals surface area contributed by atoms with Crippen molar-refractivity contribution < 1.29 is 9.53 Å². The second-order valence-electron chi connectivity index (χ2n) is 6.58. The van der Waals surface area contributed by atoms with Crippen molar-refractivity contribution in [1.82, 2.24) is 15.3 Å². The molecule has 1 amide bonds. The van der Waals surface area contributed by atoms with Gasteiger partial charge in [0.25, 0.3) is 0 Å². The number of nitrogens with zero attached hydrogens (tertiary/aromatic N) is 3. The van der Waals surface area contributed by atoms with Gasteiger partial charge in [0.1, 0.15) is 29.2 Å². The summed E-state index contributed by atoms with van der Waals surface area (Å²) in [6, 6.07) is 7.84. The predicted molar refractivity (Wildman–Crippen MR) is 102 cm³/mol. The molecule has 2 aromatic rings. The molecule has 6 nitrogen and oxygen atoms in total. The second kappa shape index (κ2) is 7.91. The van der Waals surface area contributed by atoms with Gasteiger partial charge in [-0.15, -0.1) is 0 Å². The molecule has 1 saturated heterocycles. The molecule has 26 heavy (non-hydrogen) atoms. The van der Waals surface area contributed by atoms with Crippen molar-refractivity contribution in [3.05, 3.63) is 46.9 Å². The van der Waals surface area contributed by atoms with Crippen LogP contribution in [0.25, 0.3) is 0 Å². The quantitative estimate of drug-likeness (QED) is 0.813. The number of carbonyl (C=O) groups excluding carboxylic acids is 1. The monoisotopic (exact) mass is 374 g/mol. The number of hydrogen-bond acceptors (Lipinski definition) is 5. The average Bonchev–Trinajstić information content (AvgIpc) is 3.05. The zero-order chi connectivity index (χ0) is 18.7. The molecule has 138 valence electrons. The smallest absolute Gasteiger partial charge is 0.217 e. The fourth-order valence-electron chi connectivity index (χ4n) is 3.17. The third-order valence-corrected chi connectivity index (χ3v) is 4.92. The maximum atomic E-state index is 11.2. The molecular weight excluding hydrogens is 352 g/mol. The zero-order valence-electron chi connectivity index (χ0n) is 15.2. The predicted octanol–water partition coefficient (Wildman–Crippen LogP) is 3.29. The largest absolute Gasteiger partial charge is 0.489 e.